The monoisotopic (exact) mass is 239 g/mol. The maximum Gasteiger partial charge on any atom is 0.119 e. The molecule has 17 heavy (non-hydrogen) atoms. The first-order chi connectivity index (χ1) is 8.36. The van der Waals surface area contributed by atoms with Crippen molar-refractivity contribution in [3.05, 3.63) is 29.8 Å². The van der Waals surface area contributed by atoms with Crippen molar-refractivity contribution in [3.63, 3.8) is 0 Å². The molecule has 0 radical (unpaired) electrons. The number of ether oxygens (including phenoxy) is 2. The normalized spacial score (nSPS) is 10.5. The molecule has 0 amide bonds. The Labute approximate surface area is 103 Å². The Morgan fingerprint density at radius 1 is 1.18 bits per heavy atom. The quantitative estimate of drug-likeness (QED) is 0.635. The highest BCUT2D eigenvalue weighted by molar-refractivity contribution is 5.27. The van der Waals surface area contributed by atoms with E-state index in [2.05, 4.69) is 5.32 Å². The number of aliphatic hydroxyl groups excluding tert-OH is 1. The topological polar surface area (TPSA) is 50.7 Å². The van der Waals surface area contributed by atoms with E-state index in [1.165, 1.54) is 5.56 Å². The number of hydrogen-bond acceptors (Lipinski definition) is 4. The molecule has 0 unspecified atom stereocenters. The molecule has 4 heteroatoms. The molecule has 1 aromatic rings. The number of nitrogens with one attached hydrogen (secondary N) is 1. The highest BCUT2D eigenvalue weighted by Gasteiger charge is 1.94. The highest BCUT2D eigenvalue weighted by atomic mass is 16.5. The van der Waals surface area contributed by atoms with Crippen LogP contribution in [0, 0.1) is 0 Å². The summed E-state index contributed by atoms with van der Waals surface area (Å²) < 4.78 is 10.5. The number of hydrogen-bond donors (Lipinski definition) is 2. The van der Waals surface area contributed by atoms with Crippen LogP contribution in [0.25, 0.3) is 0 Å². The van der Waals surface area contributed by atoms with Crippen LogP contribution < -0.4 is 10.1 Å². The van der Waals surface area contributed by atoms with Gasteiger partial charge in [0.2, 0.25) is 0 Å². The summed E-state index contributed by atoms with van der Waals surface area (Å²) >= 11 is 0. The van der Waals surface area contributed by atoms with Crippen LogP contribution in [0.1, 0.15) is 12.5 Å². The van der Waals surface area contributed by atoms with Crippen molar-refractivity contribution in [2.24, 2.45) is 0 Å². The molecular formula is C13H21NO3. The van der Waals surface area contributed by atoms with Crippen LogP contribution in [-0.2, 0) is 11.3 Å². The highest BCUT2D eigenvalue weighted by Crippen LogP contribution is 2.11. The van der Waals surface area contributed by atoms with Gasteiger partial charge in [0.15, 0.2) is 0 Å². The third kappa shape index (κ3) is 6.26. The molecule has 0 saturated carbocycles. The van der Waals surface area contributed by atoms with E-state index in [-0.39, 0.29) is 6.61 Å². The molecule has 0 aliphatic heterocycles. The van der Waals surface area contributed by atoms with Gasteiger partial charge in [-0.1, -0.05) is 12.1 Å². The summed E-state index contributed by atoms with van der Waals surface area (Å²) in [6, 6.07) is 8.05. The van der Waals surface area contributed by atoms with Crippen molar-refractivity contribution in [1.29, 1.82) is 0 Å². The minimum absolute atomic E-state index is 0.0822. The number of rotatable bonds is 9. The molecule has 1 aromatic carbocycles. The van der Waals surface area contributed by atoms with Crippen LogP contribution >= 0.6 is 0 Å². The molecule has 0 saturated heterocycles. The Morgan fingerprint density at radius 2 is 1.94 bits per heavy atom. The fourth-order valence-electron chi connectivity index (χ4n) is 1.41. The van der Waals surface area contributed by atoms with Gasteiger partial charge in [0, 0.05) is 13.1 Å². The van der Waals surface area contributed by atoms with Gasteiger partial charge >= 0.3 is 0 Å². The third-order valence-electron chi connectivity index (χ3n) is 2.22. The van der Waals surface area contributed by atoms with Gasteiger partial charge in [-0.15, -0.1) is 0 Å². The second-order valence-corrected chi connectivity index (χ2v) is 3.59. The van der Waals surface area contributed by atoms with Gasteiger partial charge in [-0.25, -0.2) is 0 Å². The maximum absolute atomic E-state index is 8.51. The van der Waals surface area contributed by atoms with Crippen molar-refractivity contribution in [1.82, 2.24) is 5.32 Å². The van der Waals surface area contributed by atoms with E-state index in [0.717, 1.165) is 18.8 Å². The molecule has 0 heterocycles. The summed E-state index contributed by atoms with van der Waals surface area (Å²) in [5, 5.41) is 11.8. The minimum Gasteiger partial charge on any atom is -0.494 e. The molecule has 0 spiro atoms. The maximum atomic E-state index is 8.51. The SMILES string of the molecule is CCOc1ccc(CNCCOCCO)cc1. The van der Waals surface area contributed by atoms with Gasteiger partial charge < -0.3 is 19.9 Å². The summed E-state index contributed by atoms with van der Waals surface area (Å²) in [5.74, 6) is 0.905. The molecule has 96 valence electrons. The van der Waals surface area contributed by atoms with Crippen LogP contribution in [-0.4, -0.2) is 38.1 Å². The van der Waals surface area contributed by atoms with Gasteiger partial charge in [-0.3, -0.25) is 0 Å². The van der Waals surface area contributed by atoms with E-state index in [1.807, 2.05) is 31.2 Å². The van der Waals surface area contributed by atoms with Gasteiger partial charge in [0.05, 0.1) is 26.4 Å². The predicted octanol–water partition coefficient (Wildman–Crippen LogP) is 1.18. The lowest BCUT2D eigenvalue weighted by molar-refractivity contribution is 0.0938. The van der Waals surface area contributed by atoms with Crippen molar-refractivity contribution in [3.8, 4) is 5.75 Å². The molecule has 0 aromatic heterocycles. The van der Waals surface area contributed by atoms with Crippen LogP contribution in [0.15, 0.2) is 24.3 Å². The average molecular weight is 239 g/mol. The first-order valence-electron chi connectivity index (χ1n) is 5.98. The molecule has 2 N–H and O–H groups in total. The molecule has 4 nitrogen and oxygen atoms in total. The standard InChI is InChI=1S/C13H21NO3/c1-2-17-13-5-3-12(4-6-13)11-14-7-9-16-10-8-15/h3-6,14-15H,2,7-11H2,1H3. The Hall–Kier alpha value is -1.10. The van der Waals surface area contributed by atoms with Gasteiger partial charge in [0.1, 0.15) is 5.75 Å². The number of benzene rings is 1. The summed E-state index contributed by atoms with van der Waals surface area (Å²) in [6.45, 7) is 5.38. The molecule has 0 aliphatic carbocycles. The molecule has 0 bridgehead atoms. The zero-order chi connectivity index (χ0) is 12.3. The molecule has 0 fully saturated rings. The lowest BCUT2D eigenvalue weighted by Gasteiger charge is -2.07. The first kappa shape index (κ1) is 14.0. The first-order valence-corrected chi connectivity index (χ1v) is 5.98. The van der Waals surface area contributed by atoms with Crippen LogP contribution in [0.3, 0.4) is 0 Å². The Balaban J connectivity index is 2.14. The fraction of sp³-hybridized carbons (Fsp3) is 0.538. The third-order valence-corrected chi connectivity index (χ3v) is 2.22. The van der Waals surface area contributed by atoms with Gasteiger partial charge in [-0.2, -0.15) is 0 Å². The molecule has 0 aliphatic rings. The summed E-state index contributed by atoms with van der Waals surface area (Å²) in [5.41, 5.74) is 1.22. The largest absolute Gasteiger partial charge is 0.494 e. The Morgan fingerprint density at radius 3 is 2.59 bits per heavy atom. The lowest BCUT2D eigenvalue weighted by atomic mass is 10.2. The van der Waals surface area contributed by atoms with Crippen LogP contribution in [0.5, 0.6) is 5.75 Å². The molecule has 0 atom stereocenters. The molecule has 1 rings (SSSR count). The zero-order valence-corrected chi connectivity index (χ0v) is 10.3. The Kier molecular flexibility index (Phi) is 7.38. The van der Waals surface area contributed by atoms with E-state index < -0.39 is 0 Å². The van der Waals surface area contributed by atoms with Crippen molar-refractivity contribution in [2.75, 3.05) is 33.0 Å². The van der Waals surface area contributed by atoms with Crippen molar-refractivity contribution in [2.45, 2.75) is 13.5 Å². The van der Waals surface area contributed by atoms with Gasteiger partial charge in [0.25, 0.3) is 0 Å². The average Bonchev–Trinajstić information content (AvgIpc) is 2.36. The van der Waals surface area contributed by atoms with Crippen LogP contribution in [0.2, 0.25) is 0 Å². The smallest absolute Gasteiger partial charge is 0.119 e. The van der Waals surface area contributed by atoms with Crippen LogP contribution in [0.4, 0.5) is 0 Å². The molecular weight excluding hydrogens is 218 g/mol. The van der Waals surface area contributed by atoms with Gasteiger partial charge in [-0.05, 0) is 24.6 Å². The van der Waals surface area contributed by atoms with Crippen molar-refractivity contribution >= 4 is 0 Å². The Bertz CT molecular complexity index is 287. The van der Waals surface area contributed by atoms with E-state index >= 15 is 0 Å². The lowest BCUT2D eigenvalue weighted by Crippen LogP contribution is -2.19. The summed E-state index contributed by atoms with van der Waals surface area (Å²) in [7, 11) is 0. The van der Waals surface area contributed by atoms with E-state index in [1.54, 1.807) is 0 Å². The van der Waals surface area contributed by atoms with E-state index in [9.17, 15) is 0 Å². The van der Waals surface area contributed by atoms with E-state index in [0.29, 0.717) is 19.8 Å². The minimum atomic E-state index is 0.0822. The summed E-state index contributed by atoms with van der Waals surface area (Å²) in [6.07, 6.45) is 0. The number of aliphatic hydroxyl groups is 1. The zero-order valence-electron chi connectivity index (χ0n) is 10.3. The van der Waals surface area contributed by atoms with E-state index in [4.69, 9.17) is 14.6 Å². The second-order valence-electron chi connectivity index (χ2n) is 3.59. The second kappa shape index (κ2) is 8.98. The fourth-order valence-corrected chi connectivity index (χ4v) is 1.41. The van der Waals surface area contributed by atoms with Crippen molar-refractivity contribution < 1.29 is 14.6 Å². The predicted molar refractivity (Wildman–Crippen MR) is 67.2 cm³/mol. The summed E-state index contributed by atoms with van der Waals surface area (Å²) in [4.78, 5) is 0.